The summed E-state index contributed by atoms with van der Waals surface area (Å²) in [6.45, 7) is 2.75. The molecule has 0 radical (unpaired) electrons. The molecule has 2 heterocycles. The van der Waals surface area contributed by atoms with Crippen molar-refractivity contribution in [2.45, 2.75) is 58.0 Å². The summed E-state index contributed by atoms with van der Waals surface area (Å²) in [5, 5.41) is 16.8. The fourth-order valence-corrected chi connectivity index (χ4v) is 5.21. The predicted molar refractivity (Wildman–Crippen MR) is 127 cm³/mol. The van der Waals surface area contributed by atoms with Crippen LogP contribution in [0.5, 0.6) is 0 Å². The molecule has 2 aromatic heterocycles. The first-order valence-electron chi connectivity index (χ1n) is 11.6. The smallest absolute Gasteiger partial charge is 0.328 e. The molecule has 2 N–H and O–H groups in total. The van der Waals surface area contributed by atoms with Crippen LogP contribution in [-0.2, 0) is 22.6 Å². The Hall–Kier alpha value is -3.68. The highest BCUT2D eigenvalue weighted by Crippen LogP contribution is 2.41. The van der Waals surface area contributed by atoms with E-state index in [1.54, 1.807) is 0 Å². The lowest BCUT2D eigenvalue weighted by molar-refractivity contribution is -0.134. The first-order chi connectivity index (χ1) is 16.4. The van der Waals surface area contributed by atoms with Gasteiger partial charge in [-0.3, -0.25) is 4.79 Å². The van der Waals surface area contributed by atoms with E-state index in [4.69, 9.17) is 10.2 Å². The number of ketones is 1. The molecular formula is C26H29N3O5. The van der Waals surface area contributed by atoms with Crippen LogP contribution < -0.4 is 0 Å². The number of aliphatic carboxylic acids is 2. The van der Waals surface area contributed by atoms with Crippen molar-refractivity contribution in [1.29, 1.82) is 0 Å². The highest BCUT2D eigenvalue weighted by atomic mass is 16.4. The van der Waals surface area contributed by atoms with E-state index in [2.05, 4.69) is 38.4 Å². The number of hydrogen-bond acceptors (Lipinski definition) is 4. The van der Waals surface area contributed by atoms with E-state index in [1.807, 2.05) is 19.3 Å². The Balaban J connectivity index is 0.000000297. The number of benzene rings is 1. The van der Waals surface area contributed by atoms with Crippen LogP contribution in [0, 0.1) is 12.8 Å². The molecule has 0 spiro atoms. The summed E-state index contributed by atoms with van der Waals surface area (Å²) in [6, 6.07) is 9.09. The summed E-state index contributed by atoms with van der Waals surface area (Å²) < 4.78 is 4.64. The van der Waals surface area contributed by atoms with Gasteiger partial charge in [-0.15, -0.1) is 0 Å². The van der Waals surface area contributed by atoms with Gasteiger partial charge in [-0.2, -0.15) is 0 Å². The molecule has 8 heteroatoms. The molecule has 1 saturated carbocycles. The van der Waals surface area contributed by atoms with Crippen molar-refractivity contribution in [2.24, 2.45) is 5.92 Å². The molecule has 0 bridgehead atoms. The number of Topliss-reactive ketones (excluding diaryl/α,β-unsaturated/α-hetero) is 1. The van der Waals surface area contributed by atoms with Crippen molar-refractivity contribution in [1.82, 2.24) is 14.1 Å². The second-order valence-electron chi connectivity index (χ2n) is 8.88. The summed E-state index contributed by atoms with van der Waals surface area (Å²) in [6.07, 6.45) is 12.0. The molecule has 3 aromatic rings. The van der Waals surface area contributed by atoms with Crippen LogP contribution in [-0.4, -0.2) is 42.1 Å². The number of aromatic nitrogens is 3. The summed E-state index contributed by atoms with van der Waals surface area (Å²) >= 11 is 0. The van der Waals surface area contributed by atoms with Gasteiger partial charge in [0.2, 0.25) is 0 Å². The Labute approximate surface area is 197 Å². The summed E-state index contributed by atoms with van der Waals surface area (Å²) in [5.74, 6) is -1.15. The van der Waals surface area contributed by atoms with Gasteiger partial charge in [0.1, 0.15) is 5.82 Å². The maximum Gasteiger partial charge on any atom is 0.328 e. The van der Waals surface area contributed by atoms with Crippen molar-refractivity contribution in [2.75, 3.05) is 0 Å². The minimum absolute atomic E-state index is 0.0539. The van der Waals surface area contributed by atoms with Gasteiger partial charge in [0.25, 0.3) is 0 Å². The minimum atomic E-state index is -1.26. The molecule has 1 atom stereocenters. The number of carboxylic acids is 2. The molecule has 178 valence electrons. The second kappa shape index (κ2) is 10.1. The quantitative estimate of drug-likeness (QED) is 0.542. The van der Waals surface area contributed by atoms with E-state index in [0.717, 1.165) is 36.2 Å². The maximum absolute atomic E-state index is 13.4. The van der Waals surface area contributed by atoms with Gasteiger partial charge in [0.15, 0.2) is 5.78 Å². The number of carboxylic acid groups (broad SMARTS) is 2. The van der Waals surface area contributed by atoms with E-state index in [0.29, 0.717) is 24.0 Å². The molecule has 5 rings (SSSR count). The van der Waals surface area contributed by atoms with Crippen molar-refractivity contribution in [3.63, 3.8) is 0 Å². The van der Waals surface area contributed by atoms with Crippen LogP contribution >= 0.6 is 0 Å². The summed E-state index contributed by atoms with van der Waals surface area (Å²) in [4.78, 5) is 36.9. The van der Waals surface area contributed by atoms with Crippen molar-refractivity contribution >= 4 is 28.6 Å². The van der Waals surface area contributed by atoms with Crippen LogP contribution in [0.4, 0.5) is 0 Å². The lowest BCUT2D eigenvalue weighted by Crippen LogP contribution is -2.27. The molecule has 1 unspecified atom stereocenters. The van der Waals surface area contributed by atoms with E-state index < -0.39 is 11.9 Å². The summed E-state index contributed by atoms with van der Waals surface area (Å²) in [7, 11) is 0. The number of carbonyl (C=O) groups is 3. The van der Waals surface area contributed by atoms with Crippen LogP contribution in [0.25, 0.3) is 10.9 Å². The zero-order chi connectivity index (χ0) is 24.2. The average Bonchev–Trinajstić information content (AvgIpc) is 3.54. The molecule has 8 nitrogen and oxygen atoms in total. The molecule has 0 aliphatic heterocycles. The third-order valence-electron chi connectivity index (χ3n) is 6.76. The SMILES string of the molecule is Cc1nccn1CC1CCc2c(c3ccccc3n2C2CCCC2)C1=O.O=C(O)/C=C\C(=O)O. The highest BCUT2D eigenvalue weighted by molar-refractivity contribution is 6.11. The number of aryl methyl sites for hydroxylation is 1. The third kappa shape index (κ3) is 4.81. The van der Waals surface area contributed by atoms with Gasteiger partial charge >= 0.3 is 11.9 Å². The molecule has 34 heavy (non-hydrogen) atoms. The number of nitrogens with zero attached hydrogens (tertiary/aromatic N) is 3. The van der Waals surface area contributed by atoms with Gasteiger partial charge in [-0.1, -0.05) is 31.0 Å². The Bertz CT molecular complexity index is 1230. The molecular weight excluding hydrogens is 434 g/mol. The Morgan fingerprint density at radius 3 is 2.38 bits per heavy atom. The molecule has 2 aliphatic rings. The molecule has 1 aromatic carbocycles. The van der Waals surface area contributed by atoms with Crippen molar-refractivity contribution in [3.05, 3.63) is 65.9 Å². The predicted octanol–water partition coefficient (Wildman–Crippen LogP) is 4.42. The van der Waals surface area contributed by atoms with Crippen molar-refractivity contribution in [3.8, 4) is 0 Å². The third-order valence-corrected chi connectivity index (χ3v) is 6.76. The lowest BCUT2D eigenvalue weighted by atomic mass is 9.84. The van der Waals surface area contributed by atoms with Gasteiger partial charge in [0.05, 0.1) is 0 Å². The molecule has 2 aliphatic carbocycles. The standard InChI is InChI=1S/C22H25N3O.C4H4O4/c1-15-23-12-13-24(15)14-16-10-11-20-21(22(16)26)18-8-4-5-9-19(18)25(20)17-6-2-3-7-17;5-3(6)1-2-4(7)8/h4-5,8-9,12-13,16-17H,2-3,6-7,10-11,14H2,1H3;1-2H,(H,5,6)(H,7,8)/b;2-1-. The first kappa shape index (κ1) is 23.5. The monoisotopic (exact) mass is 463 g/mol. The maximum atomic E-state index is 13.4. The Kier molecular flexibility index (Phi) is 6.95. The first-order valence-corrected chi connectivity index (χ1v) is 11.6. The normalized spacial score (nSPS) is 18.1. The highest BCUT2D eigenvalue weighted by Gasteiger charge is 2.34. The largest absolute Gasteiger partial charge is 0.478 e. The van der Waals surface area contributed by atoms with Gasteiger partial charge < -0.3 is 19.3 Å². The van der Waals surface area contributed by atoms with Gasteiger partial charge in [-0.05, 0) is 38.7 Å². The van der Waals surface area contributed by atoms with Crippen molar-refractivity contribution < 1.29 is 24.6 Å². The van der Waals surface area contributed by atoms with Crippen LogP contribution in [0.1, 0.15) is 60.0 Å². The zero-order valence-corrected chi connectivity index (χ0v) is 19.2. The molecule has 1 fully saturated rings. The molecule has 0 amide bonds. The number of carbonyl (C=O) groups excluding carboxylic acids is 1. The van der Waals surface area contributed by atoms with E-state index >= 15 is 0 Å². The Morgan fingerprint density at radius 1 is 1.09 bits per heavy atom. The van der Waals surface area contributed by atoms with E-state index in [9.17, 15) is 14.4 Å². The van der Waals surface area contributed by atoms with Crippen LogP contribution in [0.15, 0.2) is 48.8 Å². The lowest BCUT2D eigenvalue weighted by Gasteiger charge is -2.25. The van der Waals surface area contributed by atoms with Gasteiger partial charge in [0, 0.05) is 65.2 Å². The fourth-order valence-electron chi connectivity index (χ4n) is 5.21. The number of hydrogen-bond donors (Lipinski definition) is 2. The average molecular weight is 464 g/mol. The van der Waals surface area contributed by atoms with Crippen LogP contribution in [0.2, 0.25) is 0 Å². The number of rotatable bonds is 5. The van der Waals surface area contributed by atoms with Gasteiger partial charge in [-0.25, -0.2) is 14.6 Å². The minimum Gasteiger partial charge on any atom is -0.478 e. The summed E-state index contributed by atoms with van der Waals surface area (Å²) in [5.41, 5.74) is 3.56. The Morgan fingerprint density at radius 2 is 1.76 bits per heavy atom. The van der Waals surface area contributed by atoms with E-state index in [1.165, 1.54) is 36.9 Å². The number of imidazole rings is 1. The zero-order valence-electron chi connectivity index (χ0n) is 19.2. The molecule has 0 saturated heterocycles. The number of para-hydroxylation sites is 1. The fraction of sp³-hybridized carbons (Fsp3) is 0.385. The van der Waals surface area contributed by atoms with E-state index in [-0.39, 0.29) is 5.92 Å². The van der Waals surface area contributed by atoms with Crippen LogP contribution in [0.3, 0.4) is 0 Å². The number of fused-ring (bicyclic) bond motifs is 3. The topological polar surface area (TPSA) is 114 Å². The second-order valence-corrected chi connectivity index (χ2v) is 8.88.